The molecular weight excluding hydrogens is 266 g/mol. The van der Waals surface area contributed by atoms with E-state index < -0.39 is 17.8 Å². The van der Waals surface area contributed by atoms with Crippen molar-refractivity contribution >= 4 is 11.9 Å². The summed E-state index contributed by atoms with van der Waals surface area (Å²) in [6.07, 6.45) is 5.63. The van der Waals surface area contributed by atoms with Crippen LogP contribution in [0.5, 0.6) is 0 Å². The molecular formula is C17H27NO3. The van der Waals surface area contributed by atoms with Gasteiger partial charge in [-0.25, -0.2) is 0 Å². The van der Waals surface area contributed by atoms with E-state index in [1.54, 1.807) is 0 Å². The molecule has 0 spiro atoms. The molecule has 0 heterocycles. The summed E-state index contributed by atoms with van der Waals surface area (Å²) < 4.78 is 0. The summed E-state index contributed by atoms with van der Waals surface area (Å²) in [4.78, 5) is 24.1. The van der Waals surface area contributed by atoms with Gasteiger partial charge in [0.1, 0.15) is 0 Å². The summed E-state index contributed by atoms with van der Waals surface area (Å²) in [7, 11) is 0. The van der Waals surface area contributed by atoms with Gasteiger partial charge in [-0.1, -0.05) is 32.9 Å². The lowest BCUT2D eigenvalue weighted by molar-refractivity contribution is -0.148. The third-order valence-corrected chi connectivity index (χ3v) is 4.48. The Bertz CT molecular complexity index is 473. The van der Waals surface area contributed by atoms with Gasteiger partial charge in [0.2, 0.25) is 5.91 Å². The molecule has 2 aliphatic rings. The average molecular weight is 293 g/mol. The molecule has 21 heavy (non-hydrogen) atoms. The second kappa shape index (κ2) is 5.15. The Morgan fingerprint density at radius 3 is 2.10 bits per heavy atom. The zero-order valence-corrected chi connectivity index (χ0v) is 13.6. The molecule has 0 aliphatic heterocycles. The van der Waals surface area contributed by atoms with E-state index in [1.165, 1.54) is 0 Å². The Labute approximate surface area is 127 Å². The van der Waals surface area contributed by atoms with E-state index in [1.807, 2.05) is 26.0 Å². The minimum absolute atomic E-state index is 0.0222. The van der Waals surface area contributed by atoms with E-state index in [9.17, 15) is 14.7 Å². The van der Waals surface area contributed by atoms with Gasteiger partial charge in [-0.15, -0.1) is 0 Å². The van der Waals surface area contributed by atoms with Gasteiger partial charge in [-0.05, 0) is 43.9 Å². The molecule has 0 aromatic carbocycles. The van der Waals surface area contributed by atoms with Crippen LogP contribution in [0.2, 0.25) is 0 Å². The first-order valence-electron chi connectivity index (χ1n) is 7.73. The van der Waals surface area contributed by atoms with Gasteiger partial charge in [0, 0.05) is 5.54 Å². The van der Waals surface area contributed by atoms with Crippen molar-refractivity contribution in [2.24, 2.45) is 29.1 Å². The molecule has 2 aliphatic carbocycles. The maximum atomic E-state index is 12.6. The van der Waals surface area contributed by atoms with Crippen molar-refractivity contribution in [3.05, 3.63) is 12.2 Å². The zero-order chi connectivity index (χ0) is 16.0. The van der Waals surface area contributed by atoms with Crippen LogP contribution in [0.3, 0.4) is 0 Å². The lowest BCUT2D eigenvalue weighted by atomic mass is 9.79. The lowest BCUT2D eigenvalue weighted by Crippen LogP contribution is -2.50. The summed E-state index contributed by atoms with van der Waals surface area (Å²) in [6, 6.07) is 0. The highest BCUT2D eigenvalue weighted by Gasteiger charge is 2.52. The van der Waals surface area contributed by atoms with Crippen molar-refractivity contribution in [3.8, 4) is 0 Å². The number of carboxylic acid groups (broad SMARTS) is 1. The molecule has 1 fully saturated rings. The van der Waals surface area contributed by atoms with Crippen LogP contribution < -0.4 is 5.32 Å². The number of amides is 1. The van der Waals surface area contributed by atoms with Crippen molar-refractivity contribution < 1.29 is 14.7 Å². The zero-order valence-electron chi connectivity index (χ0n) is 13.6. The monoisotopic (exact) mass is 293 g/mol. The third kappa shape index (κ3) is 3.47. The van der Waals surface area contributed by atoms with Crippen molar-refractivity contribution in [2.45, 2.75) is 53.0 Å². The fraction of sp³-hybridized carbons (Fsp3) is 0.765. The minimum atomic E-state index is -0.847. The van der Waals surface area contributed by atoms with Gasteiger partial charge in [-0.2, -0.15) is 0 Å². The number of carboxylic acids is 1. The standard InChI is InChI=1S/C17H27NO3/c1-16(2,3)9-17(4,5)18-14(19)12-10-6-7-11(8-10)13(12)15(20)21/h6-7,10-13H,8-9H2,1-5H3,(H,18,19)(H,20,21)/t10?,11?,12-,13+/m0/s1. The minimum Gasteiger partial charge on any atom is -0.481 e. The lowest BCUT2D eigenvalue weighted by Gasteiger charge is -2.35. The Hall–Kier alpha value is -1.32. The predicted molar refractivity (Wildman–Crippen MR) is 81.6 cm³/mol. The van der Waals surface area contributed by atoms with Crippen molar-refractivity contribution in [2.75, 3.05) is 0 Å². The van der Waals surface area contributed by atoms with E-state index in [0.29, 0.717) is 0 Å². The molecule has 4 nitrogen and oxygen atoms in total. The fourth-order valence-corrected chi connectivity index (χ4v) is 4.30. The largest absolute Gasteiger partial charge is 0.481 e. The van der Waals surface area contributed by atoms with Gasteiger partial charge in [0.15, 0.2) is 0 Å². The van der Waals surface area contributed by atoms with Crippen LogP contribution in [0, 0.1) is 29.1 Å². The third-order valence-electron chi connectivity index (χ3n) is 4.48. The topological polar surface area (TPSA) is 66.4 Å². The highest BCUT2D eigenvalue weighted by Crippen LogP contribution is 2.48. The predicted octanol–water partition coefficient (Wildman–Crippen LogP) is 2.84. The number of allylic oxidation sites excluding steroid dienone is 2. The molecule has 2 unspecified atom stereocenters. The van der Waals surface area contributed by atoms with Crippen LogP contribution >= 0.6 is 0 Å². The number of hydrogen-bond acceptors (Lipinski definition) is 2. The molecule has 4 heteroatoms. The highest BCUT2D eigenvalue weighted by atomic mass is 16.4. The van der Waals surface area contributed by atoms with Gasteiger partial charge in [0.25, 0.3) is 0 Å². The number of carbonyl (C=O) groups excluding carboxylic acids is 1. The molecule has 0 radical (unpaired) electrons. The van der Waals surface area contributed by atoms with E-state index in [4.69, 9.17) is 0 Å². The summed E-state index contributed by atoms with van der Waals surface area (Å²) in [5.74, 6) is -1.83. The molecule has 118 valence electrons. The molecule has 2 rings (SSSR count). The maximum Gasteiger partial charge on any atom is 0.307 e. The summed E-state index contributed by atoms with van der Waals surface area (Å²) in [5, 5.41) is 12.5. The number of nitrogens with one attached hydrogen (secondary N) is 1. The summed E-state index contributed by atoms with van der Waals surface area (Å²) in [6.45, 7) is 10.4. The number of aliphatic carboxylic acids is 1. The van der Waals surface area contributed by atoms with E-state index in [-0.39, 0.29) is 28.7 Å². The first-order valence-corrected chi connectivity index (χ1v) is 7.73. The van der Waals surface area contributed by atoms with Crippen LogP contribution in [0.15, 0.2) is 12.2 Å². The number of hydrogen-bond donors (Lipinski definition) is 2. The molecule has 2 bridgehead atoms. The molecule has 0 aromatic rings. The second-order valence-corrected chi connectivity index (χ2v) is 8.45. The van der Waals surface area contributed by atoms with Crippen LogP contribution in [-0.4, -0.2) is 22.5 Å². The van der Waals surface area contributed by atoms with Crippen LogP contribution in [0.1, 0.15) is 47.5 Å². The van der Waals surface area contributed by atoms with E-state index >= 15 is 0 Å². The molecule has 0 aromatic heterocycles. The number of rotatable bonds is 4. The molecule has 1 amide bonds. The van der Waals surface area contributed by atoms with E-state index in [0.717, 1.165) is 12.8 Å². The number of fused-ring (bicyclic) bond motifs is 2. The molecule has 1 saturated carbocycles. The first-order chi connectivity index (χ1) is 9.50. The van der Waals surface area contributed by atoms with Gasteiger partial charge < -0.3 is 10.4 Å². The first kappa shape index (κ1) is 16.1. The van der Waals surface area contributed by atoms with Gasteiger partial charge >= 0.3 is 5.97 Å². The molecule has 4 atom stereocenters. The van der Waals surface area contributed by atoms with Gasteiger partial charge in [-0.3, -0.25) is 9.59 Å². The fourth-order valence-electron chi connectivity index (χ4n) is 4.30. The highest BCUT2D eigenvalue weighted by molar-refractivity contribution is 5.87. The smallest absolute Gasteiger partial charge is 0.307 e. The van der Waals surface area contributed by atoms with Crippen LogP contribution in [0.4, 0.5) is 0 Å². The molecule has 2 N–H and O–H groups in total. The summed E-state index contributed by atoms with van der Waals surface area (Å²) >= 11 is 0. The second-order valence-electron chi connectivity index (χ2n) is 8.45. The Balaban J connectivity index is 2.10. The van der Waals surface area contributed by atoms with Crippen LogP contribution in [0.25, 0.3) is 0 Å². The number of carbonyl (C=O) groups is 2. The van der Waals surface area contributed by atoms with Crippen molar-refractivity contribution in [3.63, 3.8) is 0 Å². The molecule has 0 saturated heterocycles. The van der Waals surface area contributed by atoms with Crippen LogP contribution in [-0.2, 0) is 9.59 Å². The Kier molecular flexibility index (Phi) is 3.94. The average Bonchev–Trinajstić information content (AvgIpc) is 2.82. The van der Waals surface area contributed by atoms with E-state index in [2.05, 4.69) is 26.1 Å². The normalized spacial score (nSPS) is 31.5. The Morgan fingerprint density at radius 1 is 1.10 bits per heavy atom. The van der Waals surface area contributed by atoms with Gasteiger partial charge in [0.05, 0.1) is 11.8 Å². The summed E-state index contributed by atoms with van der Waals surface area (Å²) in [5.41, 5.74) is -0.221. The van der Waals surface area contributed by atoms with Crippen molar-refractivity contribution in [1.29, 1.82) is 0 Å². The quantitative estimate of drug-likeness (QED) is 0.783. The van der Waals surface area contributed by atoms with Crippen molar-refractivity contribution in [1.82, 2.24) is 5.32 Å². The maximum absolute atomic E-state index is 12.6. The SMILES string of the molecule is CC(C)(C)CC(C)(C)NC(=O)[C@H]1C2C=CC(C2)[C@H]1C(=O)O. The Morgan fingerprint density at radius 2 is 1.62 bits per heavy atom.